The Morgan fingerprint density at radius 3 is 2.67 bits per heavy atom. The van der Waals surface area contributed by atoms with Crippen LogP contribution in [-0.4, -0.2) is 28.7 Å². The number of furan rings is 1. The van der Waals surface area contributed by atoms with Crippen molar-refractivity contribution in [1.82, 2.24) is 4.90 Å². The van der Waals surface area contributed by atoms with E-state index in [4.69, 9.17) is 4.42 Å². The van der Waals surface area contributed by atoms with Crippen LogP contribution in [0.25, 0.3) is 0 Å². The second-order valence-electron chi connectivity index (χ2n) is 5.52. The van der Waals surface area contributed by atoms with E-state index in [9.17, 15) is 9.59 Å². The number of Topliss-reactive ketones (excluding diaryl/α,β-unsaturated/α-hetero) is 1. The molecule has 0 atom stereocenters. The Kier molecular flexibility index (Phi) is 3.28. The number of carbonyl (C=O) groups is 2. The Labute approximate surface area is 107 Å². The molecule has 0 aromatic carbocycles. The lowest BCUT2D eigenvalue weighted by atomic mass is 10.0. The first-order chi connectivity index (χ1) is 8.38. The van der Waals surface area contributed by atoms with Gasteiger partial charge in [-0.1, -0.05) is 0 Å². The average Bonchev–Trinajstić information content (AvgIpc) is 2.78. The quantitative estimate of drug-likeness (QED) is 0.824. The van der Waals surface area contributed by atoms with Gasteiger partial charge in [-0.3, -0.25) is 9.59 Å². The predicted molar refractivity (Wildman–Crippen MR) is 67.2 cm³/mol. The summed E-state index contributed by atoms with van der Waals surface area (Å²) >= 11 is 0. The van der Waals surface area contributed by atoms with Crippen LogP contribution in [0.15, 0.2) is 16.5 Å². The maximum atomic E-state index is 12.1. The number of rotatable bonds is 3. The van der Waals surface area contributed by atoms with Gasteiger partial charge in [-0.25, -0.2) is 0 Å². The Bertz CT molecular complexity index is 473. The van der Waals surface area contributed by atoms with E-state index in [0.29, 0.717) is 19.3 Å². The SMILES string of the molecule is Cc1ccc(CCC(=O)N2CC(=O)CC2(C)C)o1. The number of likely N-dealkylation sites (tertiary alicyclic amines) is 1. The third-order valence-corrected chi connectivity index (χ3v) is 3.38. The molecule has 1 aliphatic heterocycles. The van der Waals surface area contributed by atoms with Crippen LogP contribution in [0.3, 0.4) is 0 Å². The Morgan fingerprint density at radius 2 is 2.17 bits per heavy atom. The van der Waals surface area contributed by atoms with Crippen molar-refractivity contribution >= 4 is 11.7 Å². The number of ketones is 1. The molecule has 1 amide bonds. The van der Waals surface area contributed by atoms with Crippen LogP contribution in [0.4, 0.5) is 0 Å². The molecule has 1 saturated heterocycles. The third-order valence-electron chi connectivity index (χ3n) is 3.38. The minimum Gasteiger partial charge on any atom is -0.466 e. The number of hydrogen-bond acceptors (Lipinski definition) is 3. The van der Waals surface area contributed by atoms with E-state index in [2.05, 4.69) is 0 Å². The minimum absolute atomic E-state index is 0.0277. The Hall–Kier alpha value is -1.58. The average molecular weight is 249 g/mol. The lowest BCUT2D eigenvalue weighted by Gasteiger charge is -2.30. The first-order valence-corrected chi connectivity index (χ1v) is 6.26. The molecule has 0 spiro atoms. The van der Waals surface area contributed by atoms with E-state index in [-0.39, 0.29) is 23.8 Å². The number of carbonyl (C=O) groups excluding carboxylic acids is 2. The monoisotopic (exact) mass is 249 g/mol. The number of hydrogen-bond donors (Lipinski definition) is 0. The Morgan fingerprint density at radius 1 is 1.44 bits per heavy atom. The molecular weight excluding hydrogens is 230 g/mol. The van der Waals surface area contributed by atoms with Gasteiger partial charge in [0.15, 0.2) is 5.78 Å². The van der Waals surface area contributed by atoms with Crippen LogP contribution in [0.1, 0.15) is 38.2 Å². The molecule has 0 aliphatic carbocycles. The topological polar surface area (TPSA) is 50.5 Å². The largest absolute Gasteiger partial charge is 0.466 e. The van der Waals surface area contributed by atoms with Gasteiger partial charge in [0.25, 0.3) is 0 Å². The predicted octanol–water partition coefficient (Wildman–Crippen LogP) is 2.10. The van der Waals surface area contributed by atoms with E-state index in [1.54, 1.807) is 4.90 Å². The summed E-state index contributed by atoms with van der Waals surface area (Å²) in [6, 6.07) is 3.78. The molecule has 18 heavy (non-hydrogen) atoms. The summed E-state index contributed by atoms with van der Waals surface area (Å²) < 4.78 is 5.43. The second kappa shape index (κ2) is 4.59. The third kappa shape index (κ3) is 2.63. The molecular formula is C14H19NO3. The van der Waals surface area contributed by atoms with Crippen molar-refractivity contribution in [2.45, 2.75) is 45.6 Å². The first-order valence-electron chi connectivity index (χ1n) is 6.26. The maximum Gasteiger partial charge on any atom is 0.223 e. The van der Waals surface area contributed by atoms with Gasteiger partial charge >= 0.3 is 0 Å². The van der Waals surface area contributed by atoms with E-state index in [1.165, 1.54) is 0 Å². The maximum absolute atomic E-state index is 12.1. The van der Waals surface area contributed by atoms with Gasteiger partial charge in [-0.05, 0) is 32.9 Å². The molecule has 1 fully saturated rings. The van der Waals surface area contributed by atoms with Crippen molar-refractivity contribution in [2.24, 2.45) is 0 Å². The zero-order chi connectivity index (χ0) is 13.3. The van der Waals surface area contributed by atoms with Crippen LogP contribution >= 0.6 is 0 Å². The van der Waals surface area contributed by atoms with Crippen LogP contribution in [0.2, 0.25) is 0 Å². The molecule has 4 heteroatoms. The van der Waals surface area contributed by atoms with Crippen molar-refractivity contribution in [3.63, 3.8) is 0 Å². The first kappa shape index (κ1) is 12.9. The molecule has 0 bridgehead atoms. The summed E-state index contributed by atoms with van der Waals surface area (Å²) in [7, 11) is 0. The van der Waals surface area contributed by atoms with E-state index in [0.717, 1.165) is 11.5 Å². The molecule has 0 saturated carbocycles. The van der Waals surface area contributed by atoms with E-state index >= 15 is 0 Å². The number of amides is 1. The van der Waals surface area contributed by atoms with Gasteiger partial charge in [-0.2, -0.15) is 0 Å². The van der Waals surface area contributed by atoms with Crippen LogP contribution < -0.4 is 0 Å². The Balaban J connectivity index is 1.94. The van der Waals surface area contributed by atoms with E-state index in [1.807, 2.05) is 32.9 Å². The number of nitrogens with zero attached hydrogens (tertiary/aromatic N) is 1. The zero-order valence-corrected chi connectivity index (χ0v) is 11.2. The lowest BCUT2D eigenvalue weighted by molar-refractivity contribution is -0.135. The molecule has 1 aliphatic rings. The molecule has 1 aromatic heterocycles. The molecule has 98 valence electrons. The van der Waals surface area contributed by atoms with Crippen molar-refractivity contribution < 1.29 is 14.0 Å². The van der Waals surface area contributed by atoms with E-state index < -0.39 is 0 Å². The highest BCUT2D eigenvalue weighted by Gasteiger charge is 2.39. The molecule has 4 nitrogen and oxygen atoms in total. The smallest absolute Gasteiger partial charge is 0.223 e. The van der Waals surface area contributed by atoms with Crippen molar-refractivity contribution in [3.05, 3.63) is 23.7 Å². The standard InChI is InChI=1S/C14H19NO3/c1-10-4-5-12(18-10)6-7-13(17)15-9-11(16)8-14(15,2)3/h4-5H,6-9H2,1-3H3. The van der Waals surface area contributed by atoms with Crippen LogP contribution in [0, 0.1) is 6.92 Å². The van der Waals surface area contributed by atoms with Crippen molar-refractivity contribution in [3.8, 4) is 0 Å². The number of aryl methyl sites for hydroxylation is 2. The second-order valence-corrected chi connectivity index (χ2v) is 5.52. The summed E-state index contributed by atoms with van der Waals surface area (Å²) in [5, 5.41) is 0. The fourth-order valence-electron chi connectivity index (χ4n) is 2.43. The van der Waals surface area contributed by atoms with Crippen LogP contribution in [-0.2, 0) is 16.0 Å². The highest BCUT2D eigenvalue weighted by atomic mass is 16.3. The van der Waals surface area contributed by atoms with Crippen molar-refractivity contribution in [1.29, 1.82) is 0 Å². The zero-order valence-electron chi connectivity index (χ0n) is 11.2. The van der Waals surface area contributed by atoms with Gasteiger partial charge in [-0.15, -0.1) is 0 Å². The van der Waals surface area contributed by atoms with Gasteiger partial charge in [0.05, 0.1) is 6.54 Å². The summed E-state index contributed by atoms with van der Waals surface area (Å²) in [5.41, 5.74) is -0.340. The molecule has 1 aromatic rings. The molecule has 0 radical (unpaired) electrons. The van der Waals surface area contributed by atoms with Crippen molar-refractivity contribution in [2.75, 3.05) is 6.54 Å². The van der Waals surface area contributed by atoms with Gasteiger partial charge in [0.2, 0.25) is 5.91 Å². The summed E-state index contributed by atoms with van der Waals surface area (Å²) in [6.07, 6.45) is 1.44. The van der Waals surface area contributed by atoms with Gasteiger partial charge < -0.3 is 9.32 Å². The molecule has 2 rings (SSSR count). The lowest BCUT2D eigenvalue weighted by Crippen LogP contribution is -2.42. The van der Waals surface area contributed by atoms with Crippen LogP contribution in [0.5, 0.6) is 0 Å². The molecule has 0 N–H and O–H groups in total. The highest BCUT2D eigenvalue weighted by molar-refractivity contribution is 5.91. The summed E-state index contributed by atoms with van der Waals surface area (Å²) in [6.45, 7) is 6.01. The molecule has 0 unspecified atom stereocenters. The van der Waals surface area contributed by atoms with Gasteiger partial charge in [0.1, 0.15) is 11.5 Å². The fraction of sp³-hybridized carbons (Fsp3) is 0.571. The fourth-order valence-corrected chi connectivity index (χ4v) is 2.43. The highest BCUT2D eigenvalue weighted by Crippen LogP contribution is 2.27. The van der Waals surface area contributed by atoms with Gasteiger partial charge in [0, 0.05) is 24.8 Å². The minimum atomic E-state index is -0.340. The summed E-state index contributed by atoms with van der Waals surface area (Å²) in [4.78, 5) is 25.2. The normalized spacial score (nSPS) is 18.4. The molecule has 2 heterocycles. The summed E-state index contributed by atoms with van der Waals surface area (Å²) in [5.74, 6) is 1.85.